The largest absolute Gasteiger partial charge is 0.362 e. The van der Waals surface area contributed by atoms with Gasteiger partial charge in [0.15, 0.2) is 8.07 Å². The summed E-state index contributed by atoms with van der Waals surface area (Å²) in [5.41, 5.74) is 8.83. The molecule has 3 nitrogen and oxygen atoms in total. The van der Waals surface area contributed by atoms with Gasteiger partial charge in [0.05, 0.1) is 0 Å². The van der Waals surface area contributed by atoms with Crippen LogP contribution in [0.1, 0.15) is 27.7 Å². The second-order valence-electron chi connectivity index (χ2n) is 3.35. The first kappa shape index (κ1) is 12.3. The van der Waals surface area contributed by atoms with Gasteiger partial charge in [-0.2, -0.15) is 4.79 Å². The van der Waals surface area contributed by atoms with Crippen LogP contribution >= 0.6 is 0 Å². The fourth-order valence-electron chi connectivity index (χ4n) is 1.80. The van der Waals surface area contributed by atoms with Gasteiger partial charge in [-0.15, -0.1) is 0 Å². The van der Waals surface area contributed by atoms with Crippen LogP contribution in [0, 0.1) is 0 Å². The Bertz CT molecular complexity index is 232. The third-order valence-electron chi connectivity index (χ3n) is 2.97. The van der Waals surface area contributed by atoms with Crippen molar-refractivity contribution in [3.8, 4) is 0 Å². The molecule has 0 aromatic rings. The number of carbonyl (C=O) groups is 1. The Hall–Kier alpha value is -0.733. The second-order valence-corrected chi connectivity index (χ2v) is 8.50. The highest BCUT2D eigenvalue weighted by molar-refractivity contribution is 7.13. The zero-order valence-corrected chi connectivity index (χ0v) is 9.92. The van der Waals surface area contributed by atoms with Crippen LogP contribution in [0.2, 0.25) is 18.1 Å². The highest BCUT2D eigenvalue weighted by atomic mass is 28.3. The van der Waals surface area contributed by atoms with Crippen LogP contribution in [-0.2, 0) is 4.79 Å². The Labute approximate surface area is 80.8 Å². The van der Waals surface area contributed by atoms with E-state index < -0.39 is 8.07 Å². The molecule has 0 aliphatic heterocycles. The molecular formula is C9H18N2OSi. The molecule has 74 valence electrons. The molecule has 0 atom stereocenters. The monoisotopic (exact) mass is 198 g/mol. The fraction of sp³-hybridized carbons (Fsp3) is 0.778. The lowest BCUT2D eigenvalue weighted by molar-refractivity contribution is -0.114. The van der Waals surface area contributed by atoms with E-state index in [0.717, 1.165) is 18.1 Å². The van der Waals surface area contributed by atoms with E-state index >= 15 is 0 Å². The summed E-state index contributed by atoms with van der Waals surface area (Å²) in [5, 5.41) is 0.458. The minimum absolute atomic E-state index is 0.0697. The van der Waals surface area contributed by atoms with Crippen LogP contribution in [-0.4, -0.2) is 24.0 Å². The van der Waals surface area contributed by atoms with Gasteiger partial charge in [-0.3, -0.25) is 4.79 Å². The number of Topliss-reactive ketones (excluding diaryl/α,β-unsaturated/α-hetero) is 1. The molecule has 4 heteroatoms. The van der Waals surface area contributed by atoms with Crippen LogP contribution in [0.4, 0.5) is 0 Å². The van der Waals surface area contributed by atoms with E-state index in [-0.39, 0.29) is 5.78 Å². The average Bonchev–Trinajstić information content (AvgIpc) is 2.13. The van der Waals surface area contributed by atoms with Gasteiger partial charge < -0.3 is 5.53 Å². The molecule has 0 heterocycles. The SMILES string of the molecule is CC[Si](CC)(CC)C(=[N+]=[N-])C(C)=O. The summed E-state index contributed by atoms with van der Waals surface area (Å²) in [4.78, 5) is 14.4. The Balaban J connectivity index is 5.13. The van der Waals surface area contributed by atoms with Crippen LogP contribution in [0.3, 0.4) is 0 Å². The van der Waals surface area contributed by atoms with Crippen LogP contribution in [0.15, 0.2) is 0 Å². The molecular weight excluding hydrogens is 180 g/mol. The predicted octanol–water partition coefficient (Wildman–Crippen LogP) is 2.29. The summed E-state index contributed by atoms with van der Waals surface area (Å²) >= 11 is 0. The lowest BCUT2D eigenvalue weighted by Gasteiger charge is -2.20. The zero-order chi connectivity index (χ0) is 10.5. The summed E-state index contributed by atoms with van der Waals surface area (Å²) in [6, 6.07) is 2.91. The maximum atomic E-state index is 11.2. The van der Waals surface area contributed by atoms with E-state index in [2.05, 4.69) is 25.6 Å². The molecule has 0 aromatic heterocycles. The smallest absolute Gasteiger partial charge is 0.300 e. The lowest BCUT2D eigenvalue weighted by atomic mass is 10.5. The van der Waals surface area contributed by atoms with Gasteiger partial charge in [-0.25, -0.2) is 0 Å². The van der Waals surface area contributed by atoms with Gasteiger partial charge in [-0.1, -0.05) is 20.8 Å². The molecule has 13 heavy (non-hydrogen) atoms. The Morgan fingerprint density at radius 3 is 1.69 bits per heavy atom. The quantitative estimate of drug-likeness (QED) is 0.289. The highest BCUT2D eigenvalue weighted by Gasteiger charge is 2.43. The maximum absolute atomic E-state index is 11.2. The maximum Gasteiger partial charge on any atom is 0.300 e. The van der Waals surface area contributed by atoms with Gasteiger partial charge in [0.2, 0.25) is 5.78 Å². The molecule has 0 spiro atoms. The fourth-order valence-corrected chi connectivity index (χ4v) is 5.27. The van der Waals surface area contributed by atoms with Crippen LogP contribution in [0.5, 0.6) is 0 Å². The van der Waals surface area contributed by atoms with Crippen LogP contribution in [0.25, 0.3) is 5.53 Å². The summed E-state index contributed by atoms with van der Waals surface area (Å²) in [6.45, 7) is 7.71. The molecule has 0 aliphatic rings. The van der Waals surface area contributed by atoms with Gasteiger partial charge >= 0.3 is 0 Å². The van der Waals surface area contributed by atoms with Crippen LogP contribution < -0.4 is 0 Å². The molecule has 0 unspecified atom stereocenters. The number of ketones is 1. The molecule has 0 aliphatic carbocycles. The molecule has 0 aromatic carbocycles. The minimum Gasteiger partial charge on any atom is -0.362 e. The molecule has 0 saturated carbocycles. The van der Waals surface area contributed by atoms with Crippen molar-refractivity contribution < 1.29 is 9.58 Å². The summed E-state index contributed by atoms with van der Waals surface area (Å²) in [6.07, 6.45) is 0. The van der Waals surface area contributed by atoms with Crippen molar-refractivity contribution in [1.82, 2.24) is 0 Å². The summed E-state index contributed by atoms with van der Waals surface area (Å²) in [5.74, 6) is -0.0697. The first-order valence-electron chi connectivity index (χ1n) is 4.81. The molecule has 0 bridgehead atoms. The van der Waals surface area contributed by atoms with Crippen molar-refractivity contribution in [3.63, 3.8) is 0 Å². The number of rotatable bonds is 5. The number of hydrogen-bond acceptors (Lipinski definition) is 1. The van der Waals surface area contributed by atoms with E-state index in [9.17, 15) is 4.79 Å². The normalized spacial score (nSPS) is 10.8. The molecule has 0 radical (unpaired) electrons. The number of carbonyl (C=O) groups excluding carboxylic acids is 1. The third kappa shape index (κ3) is 2.36. The standard InChI is InChI=1S/C9H18N2OSi/c1-5-13(6-2,7-3)9(11-10)8(4)12/h5-7H2,1-4H3. The van der Waals surface area contributed by atoms with E-state index in [0.29, 0.717) is 5.33 Å². The molecule has 0 fully saturated rings. The Morgan fingerprint density at radius 1 is 1.23 bits per heavy atom. The molecule has 0 N–H and O–H groups in total. The van der Waals surface area contributed by atoms with E-state index in [4.69, 9.17) is 5.53 Å². The van der Waals surface area contributed by atoms with E-state index in [1.807, 2.05) is 0 Å². The third-order valence-corrected chi connectivity index (χ3v) is 8.48. The molecule has 0 saturated heterocycles. The summed E-state index contributed by atoms with van der Waals surface area (Å²) in [7, 11) is -1.76. The van der Waals surface area contributed by atoms with E-state index in [1.165, 1.54) is 6.92 Å². The average molecular weight is 198 g/mol. The Morgan fingerprint density at radius 2 is 1.62 bits per heavy atom. The first-order valence-corrected chi connectivity index (χ1v) is 7.43. The van der Waals surface area contributed by atoms with Gasteiger partial charge in [-0.05, 0) is 18.1 Å². The van der Waals surface area contributed by atoms with E-state index in [1.54, 1.807) is 0 Å². The van der Waals surface area contributed by atoms with Gasteiger partial charge in [0.1, 0.15) is 0 Å². The minimum atomic E-state index is -1.76. The number of hydrogen-bond donors (Lipinski definition) is 0. The highest BCUT2D eigenvalue weighted by Crippen LogP contribution is 2.21. The topological polar surface area (TPSA) is 53.5 Å². The zero-order valence-electron chi connectivity index (χ0n) is 8.92. The summed E-state index contributed by atoms with van der Waals surface area (Å²) < 4.78 is 0. The second kappa shape index (κ2) is 5.10. The van der Waals surface area contributed by atoms with Gasteiger partial charge in [0.25, 0.3) is 5.33 Å². The van der Waals surface area contributed by atoms with Crippen molar-refractivity contribution in [1.29, 1.82) is 0 Å². The van der Waals surface area contributed by atoms with Crippen molar-refractivity contribution in [2.45, 2.75) is 45.8 Å². The number of nitrogens with zero attached hydrogens (tertiary/aromatic N) is 2. The Kier molecular flexibility index (Phi) is 4.81. The molecule has 0 rings (SSSR count). The van der Waals surface area contributed by atoms with Crippen molar-refractivity contribution in [2.75, 3.05) is 0 Å². The van der Waals surface area contributed by atoms with Crippen molar-refractivity contribution in [3.05, 3.63) is 5.53 Å². The lowest BCUT2D eigenvalue weighted by Crippen LogP contribution is -2.46. The molecule has 0 amide bonds. The van der Waals surface area contributed by atoms with Crippen molar-refractivity contribution >= 4 is 19.2 Å². The van der Waals surface area contributed by atoms with Gasteiger partial charge in [0, 0.05) is 6.92 Å². The van der Waals surface area contributed by atoms with Crippen molar-refractivity contribution in [2.24, 2.45) is 0 Å². The first-order chi connectivity index (χ1) is 6.07. The predicted molar refractivity (Wildman–Crippen MR) is 56.5 cm³/mol.